The average molecular weight is 289 g/mol. The van der Waals surface area contributed by atoms with Crippen LogP contribution in [0.4, 0.5) is 4.79 Å². The first-order valence-corrected chi connectivity index (χ1v) is 8.11. The summed E-state index contributed by atoms with van der Waals surface area (Å²) in [5, 5.41) is 12.9. The van der Waals surface area contributed by atoms with Gasteiger partial charge in [0.15, 0.2) is 0 Å². The highest BCUT2D eigenvalue weighted by molar-refractivity contribution is 5.74. The topological polar surface area (TPSA) is 82.7 Å². The third kappa shape index (κ3) is 2.63. The Labute approximate surface area is 124 Å². The van der Waals surface area contributed by atoms with Crippen LogP contribution in [-0.4, -0.2) is 33.3 Å². The van der Waals surface area contributed by atoms with Crippen LogP contribution in [0.5, 0.6) is 0 Å². The van der Waals surface area contributed by atoms with E-state index in [9.17, 15) is 4.79 Å². The van der Waals surface area contributed by atoms with Crippen molar-refractivity contribution in [2.75, 3.05) is 6.54 Å². The molecule has 0 aliphatic heterocycles. The monoisotopic (exact) mass is 289 g/mol. The summed E-state index contributed by atoms with van der Waals surface area (Å²) in [6, 6.07) is -0.0172. The van der Waals surface area contributed by atoms with Gasteiger partial charge in [-0.05, 0) is 56.3 Å². The first kappa shape index (κ1) is 13.1. The molecule has 1 aromatic rings. The minimum Gasteiger partial charge on any atom is -0.338 e. The van der Waals surface area contributed by atoms with Crippen LogP contribution in [0.1, 0.15) is 44.3 Å². The minimum absolute atomic E-state index is 0.0172. The summed E-state index contributed by atoms with van der Waals surface area (Å²) in [5.41, 5.74) is 0.0884. The molecule has 6 heteroatoms. The van der Waals surface area contributed by atoms with Gasteiger partial charge in [-0.15, -0.1) is 0 Å². The van der Waals surface area contributed by atoms with Gasteiger partial charge >= 0.3 is 6.03 Å². The zero-order chi connectivity index (χ0) is 14.3. The SMILES string of the molecule is O=C(NCCc1ncn[nH]1)NC12CC3CC(CC(C3)C1)C2. The van der Waals surface area contributed by atoms with Crippen molar-refractivity contribution in [2.24, 2.45) is 17.8 Å². The number of nitrogens with one attached hydrogen (secondary N) is 3. The Morgan fingerprint density at radius 1 is 1.24 bits per heavy atom. The molecule has 0 aromatic carbocycles. The molecule has 114 valence electrons. The summed E-state index contributed by atoms with van der Waals surface area (Å²) in [6.07, 6.45) is 9.94. The van der Waals surface area contributed by atoms with Crippen molar-refractivity contribution in [2.45, 2.75) is 50.5 Å². The first-order chi connectivity index (χ1) is 10.2. The Hall–Kier alpha value is -1.59. The fourth-order valence-corrected chi connectivity index (χ4v) is 5.19. The van der Waals surface area contributed by atoms with Crippen LogP contribution in [-0.2, 0) is 6.42 Å². The summed E-state index contributed by atoms with van der Waals surface area (Å²) < 4.78 is 0. The second-order valence-corrected chi connectivity index (χ2v) is 7.26. The molecule has 0 saturated heterocycles. The molecule has 2 amide bonds. The van der Waals surface area contributed by atoms with E-state index in [-0.39, 0.29) is 11.6 Å². The standard InChI is InChI=1S/C15H23N5O/c21-14(16-2-1-13-17-9-18-20-13)19-15-6-10-3-11(7-15)5-12(4-10)8-15/h9-12H,1-8H2,(H2,16,19,21)(H,17,18,20). The molecular weight excluding hydrogens is 266 g/mol. The Morgan fingerprint density at radius 2 is 1.90 bits per heavy atom. The van der Waals surface area contributed by atoms with Crippen LogP contribution >= 0.6 is 0 Å². The van der Waals surface area contributed by atoms with Crippen LogP contribution in [0.25, 0.3) is 0 Å². The van der Waals surface area contributed by atoms with Gasteiger partial charge in [-0.2, -0.15) is 5.10 Å². The van der Waals surface area contributed by atoms with Crippen molar-refractivity contribution in [3.05, 3.63) is 12.2 Å². The maximum Gasteiger partial charge on any atom is 0.315 e. The molecule has 1 aromatic heterocycles. The first-order valence-electron chi connectivity index (χ1n) is 8.11. The number of H-pyrrole nitrogens is 1. The molecule has 6 nitrogen and oxygen atoms in total. The number of carbonyl (C=O) groups excluding carboxylic acids is 1. The number of rotatable bonds is 4. The molecule has 1 heterocycles. The fraction of sp³-hybridized carbons (Fsp3) is 0.800. The Balaban J connectivity index is 1.30. The zero-order valence-corrected chi connectivity index (χ0v) is 12.3. The lowest BCUT2D eigenvalue weighted by molar-refractivity contribution is -0.0135. The van der Waals surface area contributed by atoms with E-state index < -0.39 is 0 Å². The molecule has 5 rings (SSSR count). The van der Waals surface area contributed by atoms with Gasteiger partial charge in [0, 0.05) is 18.5 Å². The van der Waals surface area contributed by atoms with Gasteiger partial charge in [-0.3, -0.25) is 5.10 Å². The second kappa shape index (κ2) is 5.00. The molecule has 4 fully saturated rings. The molecule has 4 aliphatic carbocycles. The highest BCUT2D eigenvalue weighted by Gasteiger charge is 2.51. The third-order valence-corrected chi connectivity index (χ3v) is 5.53. The van der Waals surface area contributed by atoms with Crippen molar-refractivity contribution in [1.82, 2.24) is 25.8 Å². The van der Waals surface area contributed by atoms with Gasteiger partial charge in [-0.25, -0.2) is 9.78 Å². The van der Waals surface area contributed by atoms with Gasteiger partial charge in [0.05, 0.1) is 0 Å². The van der Waals surface area contributed by atoms with E-state index >= 15 is 0 Å². The predicted octanol–water partition coefficient (Wildman–Crippen LogP) is 1.62. The quantitative estimate of drug-likeness (QED) is 0.787. The molecule has 4 aliphatic rings. The number of aromatic nitrogens is 3. The summed E-state index contributed by atoms with van der Waals surface area (Å²) >= 11 is 0. The highest BCUT2D eigenvalue weighted by atomic mass is 16.2. The van der Waals surface area contributed by atoms with Crippen molar-refractivity contribution in [3.8, 4) is 0 Å². The number of urea groups is 1. The largest absolute Gasteiger partial charge is 0.338 e. The van der Waals surface area contributed by atoms with Crippen LogP contribution < -0.4 is 10.6 Å². The van der Waals surface area contributed by atoms with Gasteiger partial charge in [0.2, 0.25) is 0 Å². The number of aromatic amines is 1. The molecule has 0 unspecified atom stereocenters. The van der Waals surface area contributed by atoms with Crippen molar-refractivity contribution < 1.29 is 4.79 Å². The lowest BCUT2D eigenvalue weighted by Crippen LogP contribution is -2.61. The van der Waals surface area contributed by atoms with Crippen LogP contribution in [0.3, 0.4) is 0 Å². The van der Waals surface area contributed by atoms with Crippen LogP contribution in [0.15, 0.2) is 6.33 Å². The summed E-state index contributed by atoms with van der Waals surface area (Å²) in [7, 11) is 0. The lowest BCUT2D eigenvalue weighted by Gasteiger charge is -2.56. The van der Waals surface area contributed by atoms with Crippen molar-refractivity contribution in [1.29, 1.82) is 0 Å². The Kier molecular flexibility index (Phi) is 3.12. The van der Waals surface area contributed by atoms with Crippen molar-refractivity contribution in [3.63, 3.8) is 0 Å². The number of nitrogens with zero attached hydrogens (tertiary/aromatic N) is 2. The summed E-state index contributed by atoms with van der Waals surface area (Å²) in [5.74, 6) is 3.37. The fourth-order valence-electron chi connectivity index (χ4n) is 5.19. The van der Waals surface area contributed by atoms with E-state index in [1.54, 1.807) is 0 Å². The Morgan fingerprint density at radius 3 is 2.48 bits per heavy atom. The molecule has 4 saturated carbocycles. The van der Waals surface area contributed by atoms with Crippen molar-refractivity contribution >= 4 is 6.03 Å². The molecule has 3 N–H and O–H groups in total. The lowest BCUT2D eigenvalue weighted by atomic mass is 9.53. The van der Waals surface area contributed by atoms with E-state index in [4.69, 9.17) is 0 Å². The normalized spacial score (nSPS) is 36.7. The van der Waals surface area contributed by atoms with E-state index in [1.165, 1.54) is 44.9 Å². The van der Waals surface area contributed by atoms with E-state index in [0.717, 1.165) is 23.6 Å². The molecule has 0 spiro atoms. The third-order valence-electron chi connectivity index (χ3n) is 5.53. The minimum atomic E-state index is -0.0172. The van der Waals surface area contributed by atoms with Crippen LogP contribution in [0.2, 0.25) is 0 Å². The molecule has 0 radical (unpaired) electrons. The van der Waals surface area contributed by atoms with Gasteiger partial charge in [0.25, 0.3) is 0 Å². The average Bonchev–Trinajstić information content (AvgIpc) is 2.89. The van der Waals surface area contributed by atoms with Gasteiger partial charge in [-0.1, -0.05) is 0 Å². The van der Waals surface area contributed by atoms with E-state index in [0.29, 0.717) is 13.0 Å². The molecular formula is C15H23N5O. The Bertz CT molecular complexity index is 477. The second-order valence-electron chi connectivity index (χ2n) is 7.26. The van der Waals surface area contributed by atoms with Gasteiger partial charge < -0.3 is 10.6 Å². The molecule has 21 heavy (non-hydrogen) atoms. The predicted molar refractivity (Wildman–Crippen MR) is 77.5 cm³/mol. The highest BCUT2D eigenvalue weighted by Crippen LogP contribution is 2.55. The van der Waals surface area contributed by atoms with E-state index in [1.807, 2.05) is 0 Å². The summed E-state index contributed by atoms with van der Waals surface area (Å²) in [6.45, 7) is 0.591. The number of hydrogen-bond acceptors (Lipinski definition) is 3. The van der Waals surface area contributed by atoms with Crippen LogP contribution in [0, 0.1) is 17.8 Å². The maximum atomic E-state index is 12.2. The number of amides is 2. The number of carbonyl (C=O) groups is 1. The van der Waals surface area contributed by atoms with Gasteiger partial charge in [0.1, 0.15) is 12.2 Å². The number of hydrogen-bond donors (Lipinski definition) is 3. The molecule has 0 atom stereocenters. The molecule has 4 bridgehead atoms. The summed E-state index contributed by atoms with van der Waals surface area (Å²) in [4.78, 5) is 16.2. The van der Waals surface area contributed by atoms with E-state index in [2.05, 4.69) is 25.8 Å². The maximum absolute atomic E-state index is 12.2. The smallest absolute Gasteiger partial charge is 0.315 e. The zero-order valence-electron chi connectivity index (χ0n) is 12.3.